The molecule has 1 heteroatoms. The van der Waals surface area contributed by atoms with E-state index in [2.05, 4.69) is 61.4 Å². The monoisotopic (exact) mass is 248 g/mol. The molecule has 0 aliphatic carbocycles. The first kappa shape index (κ1) is 9.49. The van der Waals surface area contributed by atoms with Crippen LogP contribution in [0.5, 0.6) is 0 Å². The molecule has 0 aliphatic heterocycles. The van der Waals surface area contributed by atoms with E-state index in [0.29, 0.717) is 0 Å². The SMILES string of the molecule is b1cc2ccc3ccc4ccc5ccc1c1c2c3c4c51. The van der Waals surface area contributed by atoms with Crippen molar-refractivity contribution in [3.8, 4) is 0 Å². The van der Waals surface area contributed by atoms with Crippen LogP contribution in [0.4, 0.5) is 0 Å². The van der Waals surface area contributed by atoms with E-state index >= 15 is 0 Å². The third-order valence-corrected chi connectivity index (χ3v) is 4.91. The Labute approximate surface area is 115 Å². The zero-order valence-corrected chi connectivity index (χ0v) is 10.8. The van der Waals surface area contributed by atoms with Gasteiger partial charge in [-0.05, 0) is 0 Å². The zero-order chi connectivity index (χ0) is 12.8. The molecular formula is C19H9B. The van der Waals surface area contributed by atoms with E-state index in [1.807, 2.05) is 0 Å². The van der Waals surface area contributed by atoms with Crippen LogP contribution in [0.25, 0.3) is 53.8 Å². The van der Waals surface area contributed by atoms with Crippen LogP contribution in [0.2, 0.25) is 0 Å². The Bertz CT molecular complexity index is 930. The van der Waals surface area contributed by atoms with Crippen LogP contribution in [0.15, 0.2) is 54.5 Å². The molecule has 0 bridgehead atoms. The molecule has 0 nitrogen and oxygen atoms in total. The van der Waals surface area contributed by atoms with Crippen molar-refractivity contribution in [2.75, 3.05) is 0 Å². The third-order valence-electron chi connectivity index (χ3n) is 4.91. The van der Waals surface area contributed by atoms with Gasteiger partial charge in [0.25, 0.3) is 0 Å². The average Bonchev–Trinajstić information content (AvgIpc) is 2.88. The van der Waals surface area contributed by atoms with Crippen LogP contribution < -0.4 is 0 Å². The maximum atomic E-state index is 2.26. The molecule has 0 amide bonds. The summed E-state index contributed by atoms with van der Waals surface area (Å²) in [4.78, 5) is 0. The van der Waals surface area contributed by atoms with E-state index in [4.69, 9.17) is 0 Å². The summed E-state index contributed by atoms with van der Waals surface area (Å²) >= 11 is 0. The summed E-state index contributed by atoms with van der Waals surface area (Å²) in [5, 5.41) is 14.1. The topological polar surface area (TPSA) is 0 Å². The van der Waals surface area contributed by atoms with Crippen LogP contribution in [0, 0.1) is 0 Å². The summed E-state index contributed by atoms with van der Waals surface area (Å²) in [5.41, 5.74) is 0. The fourth-order valence-electron chi connectivity index (χ4n) is 4.08. The van der Waals surface area contributed by atoms with Gasteiger partial charge in [0.15, 0.2) is 0 Å². The van der Waals surface area contributed by atoms with Crippen LogP contribution in [-0.2, 0) is 0 Å². The molecule has 5 aromatic carbocycles. The Balaban J connectivity index is 2.27. The Morgan fingerprint density at radius 1 is 0.450 bits per heavy atom. The Morgan fingerprint density at radius 2 is 0.900 bits per heavy atom. The van der Waals surface area contributed by atoms with Gasteiger partial charge in [0.2, 0.25) is 0 Å². The third kappa shape index (κ3) is 0.848. The Kier molecular flexibility index (Phi) is 1.36. The second-order valence-electron chi connectivity index (χ2n) is 5.82. The van der Waals surface area contributed by atoms with Crippen molar-refractivity contribution in [1.82, 2.24) is 0 Å². The molecule has 0 aliphatic rings. The molecule has 0 saturated heterocycles. The van der Waals surface area contributed by atoms with Gasteiger partial charge < -0.3 is 0 Å². The van der Waals surface area contributed by atoms with Gasteiger partial charge >= 0.3 is 115 Å². The summed E-state index contributed by atoms with van der Waals surface area (Å²) in [5.74, 6) is 2.26. The second kappa shape index (κ2) is 2.86. The first-order valence-corrected chi connectivity index (χ1v) is 7.05. The fraction of sp³-hybridized carbons (Fsp3) is 0. The molecule has 1 heterocycles. The zero-order valence-electron chi connectivity index (χ0n) is 10.8. The molecular weight excluding hydrogens is 239 g/mol. The van der Waals surface area contributed by atoms with E-state index in [0.717, 1.165) is 0 Å². The molecule has 0 spiro atoms. The van der Waals surface area contributed by atoms with Crippen molar-refractivity contribution in [1.29, 1.82) is 0 Å². The minimum atomic E-state index is 1.36. The van der Waals surface area contributed by atoms with Crippen molar-refractivity contribution in [2.45, 2.75) is 0 Å². The summed E-state index contributed by atoms with van der Waals surface area (Å²) < 4.78 is 0. The molecule has 0 N–H and O–H groups in total. The van der Waals surface area contributed by atoms with Gasteiger partial charge in [-0.15, -0.1) is 0 Å². The quantitative estimate of drug-likeness (QED) is 0.328. The predicted octanol–water partition coefficient (Wildman–Crippen LogP) is 5.10. The molecule has 6 aromatic rings. The van der Waals surface area contributed by atoms with E-state index < -0.39 is 0 Å². The average molecular weight is 248 g/mol. The number of rotatable bonds is 0. The van der Waals surface area contributed by atoms with Crippen molar-refractivity contribution in [3.05, 3.63) is 54.5 Å². The summed E-state index contributed by atoms with van der Waals surface area (Å²) in [6.07, 6.45) is 0. The standard InChI is InChI=1S/C19H9B/c1-2-11-5-6-13-9-20-14-8-7-12-4-3-10(1)15-16(11)18(13)19(14)17(12)15/h1-9H. The number of benzene rings is 4. The maximum absolute atomic E-state index is 2.26. The van der Waals surface area contributed by atoms with Gasteiger partial charge in [0.1, 0.15) is 0 Å². The molecule has 88 valence electrons. The van der Waals surface area contributed by atoms with Crippen LogP contribution in [-0.4, -0.2) is 6.91 Å². The van der Waals surface area contributed by atoms with Crippen molar-refractivity contribution >= 4 is 60.7 Å². The number of hydrogen-bond donors (Lipinski definition) is 0. The second-order valence-corrected chi connectivity index (χ2v) is 5.82. The van der Waals surface area contributed by atoms with Crippen LogP contribution in [0.1, 0.15) is 0 Å². The molecule has 6 rings (SSSR count). The van der Waals surface area contributed by atoms with Crippen LogP contribution >= 0.6 is 0 Å². The van der Waals surface area contributed by atoms with E-state index in [-0.39, 0.29) is 0 Å². The van der Waals surface area contributed by atoms with Gasteiger partial charge in [-0.25, -0.2) is 0 Å². The first-order chi connectivity index (χ1) is 9.92. The Morgan fingerprint density at radius 3 is 1.55 bits per heavy atom. The molecule has 0 saturated carbocycles. The van der Waals surface area contributed by atoms with E-state index in [1.165, 1.54) is 53.8 Å². The van der Waals surface area contributed by atoms with Crippen LogP contribution in [0.3, 0.4) is 0 Å². The van der Waals surface area contributed by atoms with E-state index in [1.54, 1.807) is 0 Å². The minimum absolute atomic E-state index is 1.36. The molecule has 0 fully saturated rings. The van der Waals surface area contributed by atoms with Crippen molar-refractivity contribution < 1.29 is 0 Å². The summed E-state index contributed by atoms with van der Waals surface area (Å²) in [6.45, 7) is 2.26. The van der Waals surface area contributed by atoms with Gasteiger partial charge in [-0.1, -0.05) is 0 Å². The van der Waals surface area contributed by atoms with Gasteiger partial charge in [0, 0.05) is 0 Å². The number of hydrogen-bond acceptors (Lipinski definition) is 0. The van der Waals surface area contributed by atoms with Gasteiger partial charge in [0.05, 0.1) is 0 Å². The molecule has 1 aromatic heterocycles. The van der Waals surface area contributed by atoms with Crippen molar-refractivity contribution in [3.63, 3.8) is 0 Å². The normalized spacial score (nSPS) is 12.8. The van der Waals surface area contributed by atoms with E-state index in [9.17, 15) is 0 Å². The van der Waals surface area contributed by atoms with Crippen molar-refractivity contribution in [2.24, 2.45) is 0 Å². The predicted molar refractivity (Wildman–Crippen MR) is 88.9 cm³/mol. The first-order valence-electron chi connectivity index (χ1n) is 7.05. The molecule has 0 unspecified atom stereocenters. The van der Waals surface area contributed by atoms with Gasteiger partial charge in [-0.3, -0.25) is 0 Å². The summed E-state index contributed by atoms with van der Waals surface area (Å²) in [6, 6.07) is 18.1. The summed E-state index contributed by atoms with van der Waals surface area (Å²) in [7, 11) is 0. The fourth-order valence-corrected chi connectivity index (χ4v) is 4.08. The molecule has 0 atom stereocenters. The molecule has 20 heavy (non-hydrogen) atoms. The van der Waals surface area contributed by atoms with Gasteiger partial charge in [-0.2, -0.15) is 0 Å². The molecule has 0 radical (unpaired) electrons. The Hall–Kier alpha value is -2.41.